The molecule has 1 aromatic carbocycles. The Labute approximate surface area is 139 Å². The number of amides is 1. The minimum atomic E-state index is -0.677. The summed E-state index contributed by atoms with van der Waals surface area (Å²) < 4.78 is 0. The normalized spacial score (nSPS) is 16.7. The maximum absolute atomic E-state index is 12.3. The van der Waals surface area contributed by atoms with Crippen molar-refractivity contribution in [1.29, 1.82) is 5.26 Å². The van der Waals surface area contributed by atoms with Crippen LogP contribution in [0, 0.1) is 11.3 Å². The highest BCUT2D eigenvalue weighted by molar-refractivity contribution is 8.00. The molecule has 1 heterocycles. The van der Waals surface area contributed by atoms with Gasteiger partial charge in [-0.25, -0.2) is 9.97 Å². The van der Waals surface area contributed by atoms with Crippen LogP contribution in [0.3, 0.4) is 0 Å². The summed E-state index contributed by atoms with van der Waals surface area (Å²) in [7, 11) is 0. The Kier molecular flexibility index (Phi) is 4.77. The van der Waals surface area contributed by atoms with Crippen LogP contribution < -0.4 is 5.32 Å². The van der Waals surface area contributed by atoms with Crippen molar-refractivity contribution in [3.63, 3.8) is 0 Å². The molecule has 1 aliphatic rings. The molecule has 23 heavy (non-hydrogen) atoms. The van der Waals surface area contributed by atoms with Gasteiger partial charge in [0.25, 0.3) is 0 Å². The summed E-state index contributed by atoms with van der Waals surface area (Å²) >= 11 is 1.38. The summed E-state index contributed by atoms with van der Waals surface area (Å²) in [6.45, 7) is 0. The molecular formula is C17H18N4OS. The third-order valence-corrected chi connectivity index (χ3v) is 5.15. The van der Waals surface area contributed by atoms with Crippen molar-refractivity contribution in [2.24, 2.45) is 0 Å². The molecule has 0 bridgehead atoms. The van der Waals surface area contributed by atoms with Gasteiger partial charge in [-0.1, -0.05) is 49.2 Å². The number of thioether (sulfide) groups is 1. The van der Waals surface area contributed by atoms with Gasteiger partial charge in [0.05, 0.1) is 17.3 Å². The first-order valence-electron chi connectivity index (χ1n) is 7.77. The number of hydrogen-bond donors (Lipinski definition) is 1. The Morgan fingerprint density at radius 3 is 2.83 bits per heavy atom. The first-order valence-corrected chi connectivity index (χ1v) is 8.76. The number of nitrogens with one attached hydrogen (secondary N) is 1. The molecular weight excluding hydrogens is 308 g/mol. The Hall–Kier alpha value is -2.13. The first kappa shape index (κ1) is 15.8. The Balaban J connectivity index is 1.65. The van der Waals surface area contributed by atoms with Gasteiger partial charge in [-0.3, -0.25) is 4.79 Å². The molecule has 0 saturated heterocycles. The number of nitrogens with zero attached hydrogens (tertiary/aromatic N) is 3. The van der Waals surface area contributed by atoms with Gasteiger partial charge in [0.1, 0.15) is 16.9 Å². The van der Waals surface area contributed by atoms with Gasteiger partial charge in [-0.15, -0.1) is 0 Å². The molecule has 1 amide bonds. The maximum Gasteiger partial charge on any atom is 0.231 e. The third-order valence-electron chi connectivity index (χ3n) is 4.15. The molecule has 5 nitrogen and oxygen atoms in total. The van der Waals surface area contributed by atoms with Crippen LogP contribution in [0.2, 0.25) is 0 Å². The number of fused-ring (bicyclic) bond motifs is 1. The summed E-state index contributed by atoms with van der Waals surface area (Å²) in [5.41, 5.74) is 0.190. The molecule has 1 N–H and O–H groups in total. The van der Waals surface area contributed by atoms with Crippen LogP contribution in [-0.2, 0) is 4.79 Å². The maximum atomic E-state index is 12.3. The smallest absolute Gasteiger partial charge is 0.231 e. The van der Waals surface area contributed by atoms with Crippen molar-refractivity contribution in [2.45, 2.75) is 42.7 Å². The largest absolute Gasteiger partial charge is 0.337 e. The second-order valence-electron chi connectivity index (χ2n) is 5.79. The topological polar surface area (TPSA) is 78.7 Å². The van der Waals surface area contributed by atoms with Crippen molar-refractivity contribution in [2.75, 3.05) is 5.75 Å². The zero-order valence-corrected chi connectivity index (χ0v) is 13.6. The Bertz CT molecular complexity index is 744. The van der Waals surface area contributed by atoms with E-state index < -0.39 is 5.54 Å². The molecule has 1 saturated carbocycles. The van der Waals surface area contributed by atoms with Gasteiger partial charge in [0.15, 0.2) is 0 Å². The predicted octanol–water partition coefficient (Wildman–Crippen LogP) is 3.06. The van der Waals surface area contributed by atoms with Crippen molar-refractivity contribution in [3.05, 3.63) is 30.6 Å². The summed E-state index contributed by atoms with van der Waals surface area (Å²) in [6.07, 6.45) is 6.14. The van der Waals surface area contributed by atoms with E-state index in [4.69, 9.17) is 0 Å². The molecule has 6 heteroatoms. The average Bonchev–Trinajstić information content (AvgIpc) is 2.60. The van der Waals surface area contributed by atoms with E-state index in [1.165, 1.54) is 18.1 Å². The zero-order chi connectivity index (χ0) is 16.1. The molecule has 1 aliphatic carbocycles. The van der Waals surface area contributed by atoms with E-state index in [1.807, 2.05) is 24.3 Å². The number of rotatable bonds is 4. The second kappa shape index (κ2) is 6.97. The number of carbonyl (C=O) groups is 1. The number of nitriles is 1. The predicted molar refractivity (Wildman–Crippen MR) is 89.8 cm³/mol. The highest BCUT2D eigenvalue weighted by Crippen LogP contribution is 2.28. The highest BCUT2D eigenvalue weighted by Gasteiger charge is 2.33. The Morgan fingerprint density at radius 1 is 1.26 bits per heavy atom. The van der Waals surface area contributed by atoms with Crippen molar-refractivity contribution in [3.8, 4) is 6.07 Å². The molecule has 0 spiro atoms. The fraction of sp³-hybridized carbons (Fsp3) is 0.412. The highest BCUT2D eigenvalue weighted by atomic mass is 32.2. The number of carbonyl (C=O) groups excluding carboxylic acids is 1. The molecule has 1 fully saturated rings. The van der Waals surface area contributed by atoms with Crippen LogP contribution in [0.4, 0.5) is 0 Å². The van der Waals surface area contributed by atoms with Gasteiger partial charge in [0.2, 0.25) is 5.91 Å². The summed E-state index contributed by atoms with van der Waals surface area (Å²) in [5, 5.41) is 14.1. The minimum absolute atomic E-state index is 0.110. The van der Waals surface area contributed by atoms with E-state index >= 15 is 0 Å². The lowest BCUT2D eigenvalue weighted by atomic mass is 9.83. The molecule has 118 valence electrons. The molecule has 0 aliphatic heterocycles. The van der Waals surface area contributed by atoms with Gasteiger partial charge in [-0.2, -0.15) is 5.26 Å². The quantitative estimate of drug-likeness (QED) is 0.690. The summed E-state index contributed by atoms with van der Waals surface area (Å²) in [5.74, 6) is 0.144. The van der Waals surface area contributed by atoms with Crippen molar-refractivity contribution >= 4 is 28.6 Å². The van der Waals surface area contributed by atoms with E-state index in [1.54, 1.807) is 0 Å². The zero-order valence-electron chi connectivity index (χ0n) is 12.8. The number of benzene rings is 1. The van der Waals surface area contributed by atoms with Crippen LogP contribution >= 0.6 is 11.8 Å². The lowest BCUT2D eigenvalue weighted by Crippen LogP contribution is -2.49. The lowest BCUT2D eigenvalue weighted by Gasteiger charge is -2.31. The van der Waals surface area contributed by atoms with E-state index in [9.17, 15) is 10.1 Å². The standard InChI is InChI=1S/C17H18N4OS/c18-11-17(8-4-1-5-9-17)21-15(22)10-23-16-13-6-2-3-7-14(13)19-12-20-16/h2-3,6-7,12H,1,4-5,8-10H2,(H,21,22). The van der Waals surface area contributed by atoms with Crippen LogP contribution in [0.5, 0.6) is 0 Å². The van der Waals surface area contributed by atoms with E-state index in [0.29, 0.717) is 0 Å². The second-order valence-corrected chi connectivity index (χ2v) is 6.75. The summed E-state index contributed by atoms with van der Waals surface area (Å²) in [4.78, 5) is 20.7. The first-order chi connectivity index (χ1) is 11.2. The Morgan fingerprint density at radius 2 is 2.04 bits per heavy atom. The third kappa shape index (κ3) is 3.62. The molecule has 2 aromatic rings. The average molecular weight is 326 g/mol. The van der Waals surface area contributed by atoms with Gasteiger partial charge >= 0.3 is 0 Å². The SMILES string of the molecule is N#CC1(NC(=O)CSc2ncnc3ccccc23)CCCCC1. The van der Waals surface area contributed by atoms with Gasteiger partial charge in [-0.05, 0) is 18.9 Å². The lowest BCUT2D eigenvalue weighted by molar-refractivity contribution is -0.120. The number of para-hydroxylation sites is 1. The van der Waals surface area contributed by atoms with Crippen molar-refractivity contribution in [1.82, 2.24) is 15.3 Å². The van der Waals surface area contributed by atoms with E-state index in [0.717, 1.165) is 48.0 Å². The van der Waals surface area contributed by atoms with Crippen LogP contribution in [0.25, 0.3) is 10.9 Å². The van der Waals surface area contributed by atoms with Crippen molar-refractivity contribution < 1.29 is 4.79 Å². The van der Waals surface area contributed by atoms with E-state index in [-0.39, 0.29) is 11.7 Å². The van der Waals surface area contributed by atoms with Gasteiger partial charge in [0, 0.05) is 5.39 Å². The van der Waals surface area contributed by atoms with Gasteiger partial charge < -0.3 is 5.32 Å². The van der Waals surface area contributed by atoms with Crippen LogP contribution in [-0.4, -0.2) is 27.2 Å². The summed E-state index contributed by atoms with van der Waals surface area (Å²) in [6, 6.07) is 10.0. The molecule has 0 unspecified atom stereocenters. The molecule has 0 radical (unpaired) electrons. The van der Waals surface area contributed by atoms with Crippen LogP contribution in [0.1, 0.15) is 32.1 Å². The number of hydrogen-bond acceptors (Lipinski definition) is 5. The number of aromatic nitrogens is 2. The fourth-order valence-corrected chi connectivity index (χ4v) is 3.74. The minimum Gasteiger partial charge on any atom is -0.337 e. The van der Waals surface area contributed by atoms with Crippen LogP contribution in [0.15, 0.2) is 35.6 Å². The molecule has 1 aromatic heterocycles. The molecule has 0 atom stereocenters. The molecule has 3 rings (SSSR count). The van der Waals surface area contributed by atoms with E-state index in [2.05, 4.69) is 21.4 Å². The fourth-order valence-electron chi connectivity index (χ4n) is 2.95. The monoisotopic (exact) mass is 326 g/mol.